The molecule has 1 N–H and O–H groups in total. The van der Waals surface area contributed by atoms with Gasteiger partial charge in [0.15, 0.2) is 0 Å². The van der Waals surface area contributed by atoms with Crippen LogP contribution in [0.5, 0.6) is 0 Å². The first-order valence-electron chi connectivity index (χ1n) is 5.45. The van der Waals surface area contributed by atoms with Crippen LogP contribution in [-0.4, -0.2) is 47.0 Å². The molecule has 1 amide bonds. The van der Waals surface area contributed by atoms with Gasteiger partial charge in [0.1, 0.15) is 5.69 Å². The minimum Gasteiger partial charge on any atom is -0.336 e. The van der Waals surface area contributed by atoms with Crippen LogP contribution in [0.1, 0.15) is 22.6 Å². The molecule has 2 heterocycles. The van der Waals surface area contributed by atoms with E-state index in [0.29, 0.717) is 5.69 Å². The monoisotopic (exact) mass is 220 g/mol. The van der Waals surface area contributed by atoms with Gasteiger partial charge in [0.05, 0.1) is 11.9 Å². The largest absolute Gasteiger partial charge is 0.336 e. The van der Waals surface area contributed by atoms with E-state index in [0.717, 1.165) is 25.2 Å². The maximum Gasteiger partial charge on any atom is 0.274 e. The number of nitrogens with one attached hydrogen (secondary N) is 1. The van der Waals surface area contributed by atoms with Crippen LogP contribution in [0.3, 0.4) is 0 Å². The molecule has 86 valence electrons. The van der Waals surface area contributed by atoms with Crippen molar-refractivity contribution >= 4 is 5.91 Å². The van der Waals surface area contributed by atoms with E-state index in [9.17, 15) is 4.79 Å². The van der Waals surface area contributed by atoms with Gasteiger partial charge in [-0.15, -0.1) is 0 Å². The summed E-state index contributed by atoms with van der Waals surface area (Å²) >= 11 is 0. The minimum atomic E-state index is -0.0544. The van der Waals surface area contributed by atoms with Crippen LogP contribution >= 0.6 is 0 Å². The first-order chi connectivity index (χ1) is 7.68. The van der Waals surface area contributed by atoms with Gasteiger partial charge < -0.3 is 10.2 Å². The summed E-state index contributed by atoms with van der Waals surface area (Å²) in [5.41, 5.74) is 1.24. The van der Waals surface area contributed by atoms with Crippen LogP contribution < -0.4 is 5.32 Å². The number of nitrogens with zero attached hydrogens (tertiary/aromatic N) is 3. The topological polar surface area (TPSA) is 58.1 Å². The van der Waals surface area contributed by atoms with Crippen molar-refractivity contribution in [3.8, 4) is 0 Å². The molecule has 1 aliphatic heterocycles. The molecule has 1 unspecified atom stereocenters. The standard InChI is InChI=1S/C11H16N4O/c1-8-5-14-10(7-13-8)11(16)15(2)9-3-4-12-6-9/h5,7,9,12H,3-4,6H2,1-2H3. The van der Waals surface area contributed by atoms with Crippen molar-refractivity contribution in [3.05, 3.63) is 23.8 Å². The van der Waals surface area contributed by atoms with Crippen LogP contribution in [0.25, 0.3) is 0 Å². The highest BCUT2D eigenvalue weighted by molar-refractivity contribution is 5.92. The normalized spacial score (nSPS) is 19.8. The molecule has 0 saturated carbocycles. The first-order valence-corrected chi connectivity index (χ1v) is 5.45. The van der Waals surface area contributed by atoms with Gasteiger partial charge in [0.25, 0.3) is 5.91 Å². The Morgan fingerprint density at radius 2 is 2.31 bits per heavy atom. The molecule has 1 aromatic rings. The van der Waals surface area contributed by atoms with Gasteiger partial charge in [-0.2, -0.15) is 0 Å². The molecule has 2 rings (SSSR count). The Labute approximate surface area is 94.9 Å². The highest BCUT2D eigenvalue weighted by Crippen LogP contribution is 2.09. The molecule has 1 aromatic heterocycles. The second-order valence-corrected chi connectivity index (χ2v) is 4.11. The lowest BCUT2D eigenvalue weighted by Crippen LogP contribution is -2.38. The summed E-state index contributed by atoms with van der Waals surface area (Å²) in [4.78, 5) is 22.0. The van der Waals surface area contributed by atoms with Crippen molar-refractivity contribution in [2.75, 3.05) is 20.1 Å². The number of carbonyl (C=O) groups is 1. The molecule has 1 saturated heterocycles. The zero-order valence-electron chi connectivity index (χ0n) is 9.60. The molecule has 1 atom stereocenters. The van der Waals surface area contributed by atoms with E-state index in [1.807, 2.05) is 14.0 Å². The fourth-order valence-electron chi connectivity index (χ4n) is 1.82. The Kier molecular flexibility index (Phi) is 3.14. The fourth-order valence-corrected chi connectivity index (χ4v) is 1.82. The number of hydrogen-bond acceptors (Lipinski definition) is 4. The molecule has 5 heteroatoms. The number of likely N-dealkylation sites (N-methyl/N-ethyl adjacent to an activating group) is 1. The molecule has 0 spiro atoms. The van der Waals surface area contributed by atoms with Crippen molar-refractivity contribution in [3.63, 3.8) is 0 Å². The predicted molar refractivity (Wildman–Crippen MR) is 60.1 cm³/mol. The number of aromatic nitrogens is 2. The highest BCUT2D eigenvalue weighted by Gasteiger charge is 2.24. The number of carbonyl (C=O) groups excluding carboxylic acids is 1. The van der Waals surface area contributed by atoms with Gasteiger partial charge >= 0.3 is 0 Å². The summed E-state index contributed by atoms with van der Waals surface area (Å²) in [7, 11) is 1.82. The van der Waals surface area contributed by atoms with Gasteiger partial charge in [-0.1, -0.05) is 0 Å². The Balaban J connectivity index is 2.08. The quantitative estimate of drug-likeness (QED) is 0.774. The number of aryl methyl sites for hydroxylation is 1. The molecule has 5 nitrogen and oxygen atoms in total. The predicted octanol–water partition coefficient (Wildman–Crippen LogP) is 0.219. The molecular formula is C11H16N4O. The average molecular weight is 220 g/mol. The van der Waals surface area contributed by atoms with E-state index in [1.54, 1.807) is 11.1 Å². The maximum atomic E-state index is 12.0. The molecule has 1 fully saturated rings. The zero-order chi connectivity index (χ0) is 11.5. The summed E-state index contributed by atoms with van der Waals surface area (Å²) in [5, 5.41) is 3.24. The van der Waals surface area contributed by atoms with Crippen LogP contribution in [-0.2, 0) is 0 Å². The fraction of sp³-hybridized carbons (Fsp3) is 0.545. The third-order valence-electron chi connectivity index (χ3n) is 2.90. The van der Waals surface area contributed by atoms with Crippen LogP contribution in [0.15, 0.2) is 12.4 Å². The third-order valence-corrected chi connectivity index (χ3v) is 2.90. The molecule has 0 aromatic carbocycles. The Hall–Kier alpha value is -1.49. The highest BCUT2D eigenvalue weighted by atomic mass is 16.2. The number of amides is 1. The summed E-state index contributed by atoms with van der Waals surface area (Å²) in [6.45, 7) is 3.69. The van der Waals surface area contributed by atoms with Crippen LogP contribution in [0.2, 0.25) is 0 Å². The Bertz CT molecular complexity index is 370. The van der Waals surface area contributed by atoms with Gasteiger partial charge in [-0.25, -0.2) is 4.98 Å². The van der Waals surface area contributed by atoms with Gasteiger partial charge in [0, 0.05) is 25.8 Å². The van der Waals surface area contributed by atoms with Crippen molar-refractivity contribution in [2.24, 2.45) is 0 Å². The summed E-state index contributed by atoms with van der Waals surface area (Å²) in [6, 6.07) is 0.274. The van der Waals surface area contributed by atoms with E-state index < -0.39 is 0 Å². The Morgan fingerprint density at radius 1 is 1.50 bits per heavy atom. The SMILES string of the molecule is Cc1cnc(C(=O)N(C)C2CCNC2)cn1. The van der Waals surface area contributed by atoms with E-state index in [-0.39, 0.29) is 11.9 Å². The number of rotatable bonds is 2. The first kappa shape index (κ1) is 11.0. The second-order valence-electron chi connectivity index (χ2n) is 4.11. The number of hydrogen-bond donors (Lipinski definition) is 1. The van der Waals surface area contributed by atoms with Gasteiger partial charge in [-0.3, -0.25) is 9.78 Å². The van der Waals surface area contributed by atoms with E-state index >= 15 is 0 Å². The minimum absolute atomic E-state index is 0.0544. The van der Waals surface area contributed by atoms with E-state index in [2.05, 4.69) is 15.3 Å². The average Bonchev–Trinajstić information content (AvgIpc) is 2.81. The summed E-state index contributed by atoms with van der Waals surface area (Å²) in [6.07, 6.45) is 4.16. The lowest BCUT2D eigenvalue weighted by Gasteiger charge is -2.23. The van der Waals surface area contributed by atoms with Crippen LogP contribution in [0.4, 0.5) is 0 Å². The lowest BCUT2D eigenvalue weighted by molar-refractivity contribution is 0.0737. The summed E-state index contributed by atoms with van der Waals surface area (Å²) < 4.78 is 0. The second kappa shape index (κ2) is 4.57. The van der Waals surface area contributed by atoms with Gasteiger partial charge in [0.2, 0.25) is 0 Å². The molecule has 1 aliphatic rings. The molecule has 16 heavy (non-hydrogen) atoms. The third kappa shape index (κ3) is 2.19. The van der Waals surface area contributed by atoms with E-state index in [4.69, 9.17) is 0 Å². The zero-order valence-corrected chi connectivity index (χ0v) is 9.60. The maximum absolute atomic E-state index is 12.0. The Morgan fingerprint density at radius 3 is 2.88 bits per heavy atom. The van der Waals surface area contributed by atoms with Crippen molar-refractivity contribution in [1.29, 1.82) is 0 Å². The summed E-state index contributed by atoms with van der Waals surface area (Å²) in [5.74, 6) is -0.0544. The van der Waals surface area contributed by atoms with Crippen molar-refractivity contribution in [2.45, 2.75) is 19.4 Å². The molecular weight excluding hydrogens is 204 g/mol. The molecule has 0 radical (unpaired) electrons. The molecule has 0 aliphatic carbocycles. The lowest BCUT2D eigenvalue weighted by atomic mass is 10.2. The van der Waals surface area contributed by atoms with Crippen LogP contribution in [0, 0.1) is 6.92 Å². The smallest absolute Gasteiger partial charge is 0.274 e. The van der Waals surface area contributed by atoms with Crippen molar-refractivity contribution < 1.29 is 4.79 Å². The van der Waals surface area contributed by atoms with Crippen molar-refractivity contribution in [1.82, 2.24) is 20.2 Å². The molecule has 0 bridgehead atoms. The van der Waals surface area contributed by atoms with Gasteiger partial charge in [-0.05, 0) is 19.9 Å². The van der Waals surface area contributed by atoms with E-state index in [1.165, 1.54) is 6.20 Å².